The molecule has 0 aromatic heterocycles. The van der Waals surface area contributed by atoms with Crippen LogP contribution in [0.4, 0.5) is 0 Å². The van der Waals surface area contributed by atoms with E-state index < -0.39 is 8.07 Å². The summed E-state index contributed by atoms with van der Waals surface area (Å²) in [5.74, 6) is 1.90. The molecule has 2 nitrogen and oxygen atoms in total. The van der Waals surface area contributed by atoms with Crippen molar-refractivity contribution in [1.29, 1.82) is 0 Å². The Morgan fingerprint density at radius 1 is 1.12 bits per heavy atom. The molecule has 0 aromatic rings. The monoisotopic (exact) mass is 619 g/mol. The Morgan fingerprint density at radius 3 is 2.00 bits per heavy atom. The zero-order valence-corrected chi connectivity index (χ0v) is 25.0. The molecule has 3 aliphatic rings. The van der Waals surface area contributed by atoms with Gasteiger partial charge in [-0.3, -0.25) is 4.99 Å². The quantitative estimate of drug-likeness (QED) is 0.313. The number of nitrogens with zero attached hydrogens (tertiary/aromatic N) is 1. The standard InChI is InChI=1S/C15H23NOSi.C5H5.ClH.Fe.Hg/c1-15(2,3)13-10-17-14(16-13)11-8-7-9-12(11)18(4,5)6;1-2-4-5-3-1;;;/h7,9,13H,10H2,1-6H3;1-5H;1H;;/q-1;;;2*+2/p-1/t13-;;;;/m1..../s1. The first kappa shape index (κ1) is 27.4. The van der Waals surface area contributed by atoms with E-state index in [0.717, 1.165) is 11.8 Å². The summed E-state index contributed by atoms with van der Waals surface area (Å²) in [5.41, 5.74) is 1.56. The van der Waals surface area contributed by atoms with E-state index in [1.54, 1.807) is 0 Å². The van der Waals surface area contributed by atoms with Crippen LogP contribution in [-0.2, 0) is 46.7 Å². The number of rotatable bonds is 2. The average molecular weight is 618 g/mol. The van der Waals surface area contributed by atoms with Gasteiger partial charge in [0.15, 0.2) is 5.90 Å². The van der Waals surface area contributed by atoms with Gasteiger partial charge in [0.25, 0.3) is 0 Å². The predicted octanol–water partition coefficient (Wildman–Crippen LogP) is 5.07. The Bertz CT molecular complexity index is 411. The van der Waals surface area contributed by atoms with Crippen LogP contribution in [0, 0.1) is 68.2 Å². The van der Waals surface area contributed by atoms with Crippen molar-refractivity contribution in [3.63, 3.8) is 0 Å². The minimum Gasteiger partial charge on any atom is 2.00 e. The molecule has 6 heteroatoms. The summed E-state index contributed by atoms with van der Waals surface area (Å²) < 4.78 is 5.81. The van der Waals surface area contributed by atoms with Crippen LogP contribution in [0.3, 0.4) is 0 Å². The summed E-state index contributed by atoms with van der Waals surface area (Å²) in [6.07, 6.45) is 17.5. The Kier molecular flexibility index (Phi) is 13.6. The molecule has 0 amide bonds. The largest absolute Gasteiger partial charge is 2.00 e. The first-order chi connectivity index (χ1) is 11.7. The number of halogens is 1. The van der Waals surface area contributed by atoms with Gasteiger partial charge in [-0.15, -0.1) is 5.92 Å². The van der Waals surface area contributed by atoms with Crippen LogP contribution in [0.25, 0.3) is 0 Å². The fourth-order valence-corrected chi connectivity index (χ4v) is 3.96. The Labute approximate surface area is 193 Å². The van der Waals surface area contributed by atoms with Gasteiger partial charge in [-0.25, -0.2) is 6.42 Å². The Morgan fingerprint density at radius 2 is 1.62 bits per heavy atom. The molecule has 1 atom stereocenters. The molecule has 2 fully saturated rings. The fraction of sp³-hybridized carbons (Fsp3) is 0.450. The Balaban J connectivity index is 0.000000664. The van der Waals surface area contributed by atoms with Crippen LogP contribution in [0.2, 0.25) is 19.6 Å². The van der Waals surface area contributed by atoms with Gasteiger partial charge >= 0.3 is 50.2 Å². The van der Waals surface area contributed by atoms with Crippen molar-refractivity contribution in [3.05, 3.63) is 62.8 Å². The summed E-state index contributed by atoms with van der Waals surface area (Å²) in [6, 6.07) is 0.255. The molecule has 0 bridgehead atoms. The molecule has 10 radical (unpaired) electrons. The molecule has 1 heterocycles. The number of aliphatic imine (C=N–C) groups is 1. The summed E-state index contributed by atoms with van der Waals surface area (Å²) in [4.78, 5) is 4.76. The molecule has 0 aromatic carbocycles. The molecule has 3 rings (SSSR count). The summed E-state index contributed by atoms with van der Waals surface area (Å²) >= 11 is 0.500. The van der Waals surface area contributed by atoms with Crippen molar-refractivity contribution >= 4 is 22.2 Å². The molecule has 0 N–H and O–H groups in total. The van der Waals surface area contributed by atoms with Crippen molar-refractivity contribution in [2.45, 2.75) is 46.5 Å². The second-order valence-corrected chi connectivity index (χ2v) is 13.1. The van der Waals surface area contributed by atoms with E-state index in [1.807, 2.05) is 38.5 Å². The second-order valence-electron chi connectivity index (χ2n) is 8.11. The van der Waals surface area contributed by atoms with Crippen LogP contribution in [-0.4, -0.2) is 26.6 Å². The number of hydrogen-bond acceptors (Lipinski definition) is 2. The van der Waals surface area contributed by atoms with E-state index in [0.29, 0.717) is 31.5 Å². The summed E-state index contributed by atoms with van der Waals surface area (Å²) in [6.45, 7) is 14.4. The van der Waals surface area contributed by atoms with Crippen molar-refractivity contribution in [2.75, 3.05) is 6.61 Å². The van der Waals surface area contributed by atoms with E-state index in [9.17, 15) is 0 Å². The molecule has 2 saturated carbocycles. The van der Waals surface area contributed by atoms with Crippen LogP contribution >= 0.6 is 8.25 Å². The third-order valence-electron chi connectivity index (χ3n) is 3.98. The first-order valence-electron chi connectivity index (χ1n) is 8.52. The van der Waals surface area contributed by atoms with E-state index in [4.69, 9.17) is 18.0 Å². The Hall–Kier alpha value is 1.43. The van der Waals surface area contributed by atoms with Crippen molar-refractivity contribution in [1.82, 2.24) is 0 Å². The normalized spacial score (nSPS) is 23.9. The third kappa shape index (κ3) is 8.84. The van der Waals surface area contributed by atoms with Gasteiger partial charge in [-0.1, -0.05) is 46.8 Å². The van der Waals surface area contributed by atoms with Crippen LogP contribution in [0.15, 0.2) is 4.99 Å². The van der Waals surface area contributed by atoms with E-state index in [1.165, 1.54) is 5.54 Å². The maximum atomic E-state index is 5.81. The predicted molar refractivity (Wildman–Crippen MR) is 106 cm³/mol. The number of hydrogen-bond donors (Lipinski definition) is 0. The van der Waals surface area contributed by atoms with Gasteiger partial charge in [-0.05, 0) is 43.1 Å². The van der Waals surface area contributed by atoms with Crippen molar-refractivity contribution < 1.29 is 46.7 Å². The molecule has 138 valence electrons. The van der Waals surface area contributed by atoms with Crippen molar-refractivity contribution in [3.8, 4) is 0 Å². The molecule has 1 aliphatic heterocycles. The molecule has 2 aliphatic carbocycles. The molecular weight excluding hydrogens is 590 g/mol. The molecule has 0 saturated heterocycles. The fourth-order valence-electron chi connectivity index (χ4n) is 2.45. The van der Waals surface area contributed by atoms with Gasteiger partial charge in [0, 0.05) is 8.07 Å². The van der Waals surface area contributed by atoms with Crippen LogP contribution < -0.4 is 0 Å². The minimum absolute atomic E-state index is 0. The summed E-state index contributed by atoms with van der Waals surface area (Å²) in [7, 11) is 3.48. The van der Waals surface area contributed by atoms with Gasteiger partial charge in [0.2, 0.25) is 0 Å². The second kappa shape index (κ2) is 12.9. The smallest absolute Gasteiger partial charge is 2.00 e. The zero-order valence-electron chi connectivity index (χ0n) is 16.6. The first-order valence-corrected chi connectivity index (χ1v) is 18.8. The third-order valence-corrected chi connectivity index (χ3v) is 6.01. The van der Waals surface area contributed by atoms with Gasteiger partial charge in [0.05, 0.1) is 6.04 Å². The van der Waals surface area contributed by atoms with E-state index >= 15 is 0 Å². The van der Waals surface area contributed by atoms with Crippen LogP contribution in [0.5, 0.6) is 0 Å². The molecule has 0 unspecified atom stereocenters. The van der Waals surface area contributed by atoms with Gasteiger partial charge < -0.3 is 11.2 Å². The minimum atomic E-state index is -1.35. The number of ether oxygens (including phenoxy) is 1. The molecule has 0 spiro atoms. The van der Waals surface area contributed by atoms with Gasteiger partial charge in [0.1, 0.15) is 6.61 Å². The maximum absolute atomic E-state index is 5.81. The average Bonchev–Trinajstić information content (AvgIpc) is 3.28. The zero-order chi connectivity index (χ0) is 19.1. The molecular formula is C20H28ClFeHgNOSi+2. The van der Waals surface area contributed by atoms with Crippen molar-refractivity contribution in [2.24, 2.45) is 10.4 Å². The summed E-state index contributed by atoms with van der Waals surface area (Å²) in [5, 5.41) is 0. The molecule has 26 heavy (non-hydrogen) atoms. The van der Waals surface area contributed by atoms with E-state index in [2.05, 4.69) is 53.3 Å². The van der Waals surface area contributed by atoms with E-state index in [-0.39, 0.29) is 28.5 Å². The maximum Gasteiger partial charge on any atom is 2.00 e. The van der Waals surface area contributed by atoms with Crippen LogP contribution in [0.1, 0.15) is 20.8 Å². The van der Waals surface area contributed by atoms with Gasteiger partial charge in [-0.2, -0.15) is 0 Å². The SMILES string of the molecule is CC(C)(C)[C@H]1COC([C]2[C-][CH][CH][C]2[Si](C)(C)C)=N1.[CH]1[CH][CH][CH][CH]1.[Cl][Hg+].[Fe+2]. The topological polar surface area (TPSA) is 21.6 Å².